The molecule has 1 aromatic heterocycles. The van der Waals surface area contributed by atoms with Gasteiger partial charge in [0.2, 0.25) is 0 Å². The van der Waals surface area contributed by atoms with Crippen LogP contribution in [0.2, 0.25) is 0 Å². The zero-order valence-electron chi connectivity index (χ0n) is 11.0. The first-order valence-corrected chi connectivity index (χ1v) is 8.34. The van der Waals surface area contributed by atoms with Gasteiger partial charge in [0.25, 0.3) is 0 Å². The Morgan fingerprint density at radius 2 is 1.80 bits per heavy atom. The Hall–Kier alpha value is -1.73. The molecule has 3 rings (SSSR count). The van der Waals surface area contributed by atoms with E-state index in [9.17, 15) is 8.42 Å². The molecule has 106 valence electrons. The molecular weight excluding hydrogens is 276 g/mol. The van der Waals surface area contributed by atoms with E-state index >= 15 is 0 Å². The lowest BCUT2D eigenvalue weighted by Gasteiger charge is -2.25. The van der Waals surface area contributed by atoms with Crippen molar-refractivity contribution >= 4 is 9.84 Å². The maximum Gasteiger partial charge on any atom is 0.152 e. The molecule has 0 radical (unpaired) electrons. The number of sulfone groups is 1. The lowest BCUT2D eigenvalue weighted by Crippen LogP contribution is -2.39. The smallest absolute Gasteiger partial charge is 0.152 e. The average Bonchev–Trinajstić information content (AvgIpc) is 2.91. The Morgan fingerprint density at radius 3 is 2.50 bits per heavy atom. The van der Waals surface area contributed by atoms with Gasteiger partial charge >= 0.3 is 0 Å². The third-order valence-electron chi connectivity index (χ3n) is 3.38. The van der Waals surface area contributed by atoms with Crippen molar-refractivity contribution in [2.24, 2.45) is 0 Å². The summed E-state index contributed by atoms with van der Waals surface area (Å²) in [5, 5.41) is 8.25. The van der Waals surface area contributed by atoms with Gasteiger partial charge in [-0.3, -0.25) is 4.90 Å². The van der Waals surface area contributed by atoms with E-state index in [0.29, 0.717) is 19.6 Å². The summed E-state index contributed by atoms with van der Waals surface area (Å²) in [6.45, 7) is 1.78. The summed E-state index contributed by atoms with van der Waals surface area (Å²) in [6, 6.07) is 9.78. The van der Waals surface area contributed by atoms with Crippen LogP contribution in [0.25, 0.3) is 5.69 Å². The van der Waals surface area contributed by atoms with E-state index in [4.69, 9.17) is 0 Å². The normalized spacial score (nSPS) is 19.0. The molecule has 0 aliphatic carbocycles. The van der Waals surface area contributed by atoms with Crippen LogP contribution in [0.4, 0.5) is 0 Å². The monoisotopic (exact) mass is 292 g/mol. The number of hydrogen-bond acceptors (Lipinski definition) is 5. The predicted octanol–water partition coefficient (Wildman–Crippen LogP) is 0.498. The highest BCUT2D eigenvalue weighted by atomic mass is 32.2. The van der Waals surface area contributed by atoms with Crippen molar-refractivity contribution in [2.45, 2.75) is 6.54 Å². The van der Waals surface area contributed by atoms with E-state index in [-0.39, 0.29) is 11.5 Å². The van der Waals surface area contributed by atoms with Crippen molar-refractivity contribution in [3.8, 4) is 5.69 Å². The minimum absolute atomic E-state index is 0.236. The second kappa shape index (κ2) is 5.34. The largest absolute Gasteiger partial charge is 0.295 e. The van der Waals surface area contributed by atoms with Gasteiger partial charge in [0, 0.05) is 19.6 Å². The second-order valence-electron chi connectivity index (χ2n) is 4.92. The highest BCUT2D eigenvalue weighted by Gasteiger charge is 2.22. The van der Waals surface area contributed by atoms with Gasteiger partial charge in [0.05, 0.1) is 29.1 Å². The van der Waals surface area contributed by atoms with Crippen LogP contribution >= 0.6 is 0 Å². The van der Waals surface area contributed by atoms with Crippen molar-refractivity contribution in [1.82, 2.24) is 19.9 Å². The van der Waals surface area contributed by atoms with Gasteiger partial charge < -0.3 is 0 Å². The van der Waals surface area contributed by atoms with Crippen LogP contribution < -0.4 is 0 Å². The van der Waals surface area contributed by atoms with Gasteiger partial charge in [-0.05, 0) is 12.1 Å². The summed E-state index contributed by atoms with van der Waals surface area (Å²) in [6.07, 6.45) is 1.89. The molecule has 1 aliphatic heterocycles. The molecule has 1 aromatic carbocycles. The Kier molecular flexibility index (Phi) is 3.54. The highest BCUT2D eigenvalue weighted by Crippen LogP contribution is 2.10. The summed E-state index contributed by atoms with van der Waals surface area (Å²) in [5.74, 6) is 0.472. The molecule has 0 spiro atoms. The third-order valence-corrected chi connectivity index (χ3v) is 4.99. The fourth-order valence-electron chi connectivity index (χ4n) is 2.22. The zero-order chi connectivity index (χ0) is 14.0. The van der Waals surface area contributed by atoms with Crippen LogP contribution in [0.15, 0.2) is 36.5 Å². The molecule has 1 aliphatic rings. The summed E-state index contributed by atoms with van der Waals surface area (Å²) >= 11 is 0. The van der Waals surface area contributed by atoms with Crippen LogP contribution in [-0.2, 0) is 16.4 Å². The first kappa shape index (κ1) is 13.3. The van der Waals surface area contributed by atoms with E-state index in [1.807, 2.05) is 36.5 Å². The van der Waals surface area contributed by atoms with E-state index < -0.39 is 9.84 Å². The number of nitrogens with zero attached hydrogens (tertiary/aromatic N) is 4. The fraction of sp³-hybridized carbons (Fsp3) is 0.385. The first-order chi connectivity index (χ1) is 9.62. The molecule has 0 saturated carbocycles. The summed E-state index contributed by atoms with van der Waals surface area (Å²) in [7, 11) is -2.83. The van der Waals surface area contributed by atoms with Crippen LogP contribution in [0, 0.1) is 0 Å². The molecule has 1 fully saturated rings. The second-order valence-corrected chi connectivity index (χ2v) is 7.22. The van der Waals surface area contributed by atoms with E-state index in [1.54, 1.807) is 4.68 Å². The lowest BCUT2D eigenvalue weighted by atomic mass is 10.3. The molecule has 2 aromatic rings. The van der Waals surface area contributed by atoms with Crippen LogP contribution in [0.3, 0.4) is 0 Å². The minimum Gasteiger partial charge on any atom is -0.295 e. The maximum atomic E-state index is 11.4. The molecule has 6 nitrogen and oxygen atoms in total. The van der Waals surface area contributed by atoms with Crippen molar-refractivity contribution < 1.29 is 8.42 Å². The van der Waals surface area contributed by atoms with Gasteiger partial charge in [-0.2, -0.15) is 0 Å². The Balaban J connectivity index is 1.66. The van der Waals surface area contributed by atoms with E-state index in [1.165, 1.54) is 0 Å². The lowest BCUT2D eigenvalue weighted by molar-refractivity contribution is 0.284. The average molecular weight is 292 g/mol. The quantitative estimate of drug-likeness (QED) is 0.824. The molecule has 7 heteroatoms. The molecule has 0 bridgehead atoms. The summed E-state index contributed by atoms with van der Waals surface area (Å²) < 4.78 is 24.5. The standard InChI is InChI=1S/C13H16N4O2S/c18-20(19)8-6-16(7-9-20)10-12-11-17(15-14-12)13-4-2-1-3-5-13/h1-5,11H,6-10H2. The van der Waals surface area contributed by atoms with Crippen molar-refractivity contribution in [3.63, 3.8) is 0 Å². The number of para-hydroxylation sites is 1. The molecule has 0 amide bonds. The van der Waals surface area contributed by atoms with Gasteiger partial charge in [-0.1, -0.05) is 23.4 Å². The zero-order valence-corrected chi connectivity index (χ0v) is 11.8. The highest BCUT2D eigenvalue weighted by molar-refractivity contribution is 7.91. The van der Waals surface area contributed by atoms with Gasteiger partial charge in [-0.15, -0.1) is 5.10 Å². The molecule has 2 heterocycles. The molecule has 0 N–H and O–H groups in total. The van der Waals surface area contributed by atoms with Gasteiger partial charge in [0.1, 0.15) is 0 Å². The number of benzene rings is 1. The predicted molar refractivity (Wildman–Crippen MR) is 75.3 cm³/mol. The molecular formula is C13H16N4O2S. The number of hydrogen-bond donors (Lipinski definition) is 0. The van der Waals surface area contributed by atoms with Crippen LogP contribution in [-0.4, -0.2) is 52.9 Å². The molecule has 0 atom stereocenters. The number of aromatic nitrogens is 3. The molecule has 1 saturated heterocycles. The van der Waals surface area contributed by atoms with Gasteiger partial charge in [0.15, 0.2) is 9.84 Å². The SMILES string of the molecule is O=S1(=O)CCN(Cc2cn(-c3ccccc3)nn2)CC1. The maximum absolute atomic E-state index is 11.4. The Labute approximate surface area is 117 Å². The topological polar surface area (TPSA) is 68.1 Å². The van der Waals surface area contributed by atoms with Crippen LogP contribution in [0.1, 0.15) is 5.69 Å². The fourth-order valence-corrected chi connectivity index (χ4v) is 3.49. The summed E-state index contributed by atoms with van der Waals surface area (Å²) in [5.41, 5.74) is 1.82. The van der Waals surface area contributed by atoms with Crippen LogP contribution in [0.5, 0.6) is 0 Å². The number of rotatable bonds is 3. The van der Waals surface area contributed by atoms with E-state index in [0.717, 1.165) is 11.4 Å². The Morgan fingerprint density at radius 1 is 1.10 bits per heavy atom. The summed E-state index contributed by atoms with van der Waals surface area (Å²) in [4.78, 5) is 2.10. The van der Waals surface area contributed by atoms with Crippen molar-refractivity contribution in [2.75, 3.05) is 24.6 Å². The van der Waals surface area contributed by atoms with Gasteiger partial charge in [-0.25, -0.2) is 13.1 Å². The molecule has 0 unspecified atom stereocenters. The molecule has 20 heavy (non-hydrogen) atoms. The Bertz CT molecular complexity index is 667. The van der Waals surface area contributed by atoms with E-state index in [2.05, 4.69) is 15.2 Å². The minimum atomic E-state index is -2.83. The first-order valence-electron chi connectivity index (χ1n) is 6.52. The van der Waals surface area contributed by atoms with Crippen molar-refractivity contribution in [3.05, 3.63) is 42.2 Å². The third kappa shape index (κ3) is 3.05. The van der Waals surface area contributed by atoms with Crippen molar-refractivity contribution in [1.29, 1.82) is 0 Å².